The second-order valence-electron chi connectivity index (χ2n) is 27.4. The molecule has 10 heteroatoms. The molecular weight excluding hydrogens is 1010 g/mol. The number of benzene rings is 2. The minimum atomic E-state index is -3.95. The van der Waals surface area contributed by atoms with Crippen LogP contribution < -0.4 is 4.52 Å². The molecule has 0 radical (unpaired) electrons. The first-order valence-corrected chi connectivity index (χ1v) is 33.3. The van der Waals surface area contributed by atoms with Crippen molar-refractivity contribution >= 4 is 31.4 Å². The summed E-state index contributed by atoms with van der Waals surface area (Å²) < 4.78 is 43.6. The Balaban J connectivity index is 0.850. The monoisotopic (exact) mass is 1120 g/mol. The molecule has 0 N–H and O–H groups in total. The fourth-order valence-corrected chi connectivity index (χ4v) is 17.1. The maximum atomic E-state index is 14.6. The van der Waals surface area contributed by atoms with E-state index in [-0.39, 0.29) is 23.5 Å². The molecule has 9 atom stereocenters. The first-order chi connectivity index (χ1) is 37.1. The number of rotatable bonds is 34. The summed E-state index contributed by atoms with van der Waals surface area (Å²) in [6.45, 7) is 20.6. The molecule has 440 valence electrons. The van der Waals surface area contributed by atoms with Crippen molar-refractivity contribution in [1.29, 1.82) is 0 Å². The number of methoxy groups -OCH3 is 2. The zero-order valence-corrected chi connectivity index (χ0v) is 52.6. The average molecular weight is 1120 g/mol. The molecule has 0 aromatic heterocycles. The van der Waals surface area contributed by atoms with E-state index in [0.717, 1.165) is 92.1 Å². The number of carbonyl (C=O) groups is 2. The van der Waals surface area contributed by atoms with E-state index in [4.69, 9.17) is 34.6 Å². The number of carbonyl (C=O) groups excluding carboxylic acids is 2. The topological polar surface area (TPSA) is 97.4 Å². The van der Waals surface area contributed by atoms with Crippen molar-refractivity contribution < 1.29 is 37.2 Å². The number of halogens is 1. The predicted molar refractivity (Wildman–Crippen MR) is 322 cm³/mol. The van der Waals surface area contributed by atoms with Gasteiger partial charge in [0, 0.05) is 0 Å². The van der Waals surface area contributed by atoms with E-state index >= 15 is 0 Å². The number of hydrogen-bond donors (Lipinski definition) is 0. The lowest BCUT2D eigenvalue weighted by Gasteiger charge is -2.58. The van der Waals surface area contributed by atoms with E-state index in [9.17, 15) is 14.2 Å². The van der Waals surface area contributed by atoms with Crippen LogP contribution in [0.1, 0.15) is 246 Å². The summed E-state index contributed by atoms with van der Waals surface area (Å²) in [5.74, 6) is 4.70. The summed E-state index contributed by atoms with van der Waals surface area (Å²) in [6.07, 6.45) is 36.2. The van der Waals surface area contributed by atoms with Gasteiger partial charge >= 0.3 is 19.8 Å². The molecule has 0 saturated heterocycles. The summed E-state index contributed by atoms with van der Waals surface area (Å²) in [4.78, 5) is 25.0. The Morgan fingerprint density at radius 2 is 1.23 bits per heavy atom. The van der Waals surface area contributed by atoms with Gasteiger partial charge in [-0.2, -0.15) is 0 Å². The molecule has 2 aromatic carbocycles. The van der Waals surface area contributed by atoms with Gasteiger partial charge in [0.25, 0.3) is 0 Å². The molecule has 2 aromatic rings. The molecular formula is C68H108ClO8P. The van der Waals surface area contributed by atoms with Crippen molar-refractivity contribution in [2.75, 3.05) is 20.8 Å². The van der Waals surface area contributed by atoms with Crippen LogP contribution in [-0.4, -0.2) is 38.9 Å². The smallest absolute Gasteiger partial charge is 0.469 e. The third-order valence-electron chi connectivity index (χ3n) is 19.8. The summed E-state index contributed by atoms with van der Waals surface area (Å²) >= 11 is 6.54. The molecule has 78 heavy (non-hydrogen) atoms. The van der Waals surface area contributed by atoms with Gasteiger partial charge in [-0.15, -0.1) is 0 Å². The van der Waals surface area contributed by atoms with Gasteiger partial charge in [0.15, 0.2) is 0 Å². The van der Waals surface area contributed by atoms with Crippen LogP contribution in [0, 0.1) is 57.2 Å². The van der Waals surface area contributed by atoms with Gasteiger partial charge in [-0.05, 0) is 186 Å². The minimum absolute atomic E-state index is 0.175. The molecule has 0 heterocycles. The second kappa shape index (κ2) is 30.1. The fourth-order valence-electron chi connectivity index (χ4n) is 15.5. The highest BCUT2D eigenvalue weighted by Crippen LogP contribution is 2.68. The quantitative estimate of drug-likeness (QED) is 0.0296. The molecule has 7 unspecified atom stereocenters. The second-order valence-corrected chi connectivity index (χ2v) is 29.3. The van der Waals surface area contributed by atoms with Crippen LogP contribution in [0.25, 0.3) is 0 Å². The number of phosphoric ester groups is 1. The number of phosphoric acid groups is 1. The van der Waals surface area contributed by atoms with Crippen LogP contribution in [-0.2, 0) is 51.9 Å². The Bertz CT molecular complexity index is 2220. The van der Waals surface area contributed by atoms with Gasteiger partial charge < -0.3 is 14.0 Å². The fraction of sp³-hybridized carbons (Fsp3) is 0.765. The standard InChI is InChI=1S/C68H108ClO8P/c1-50(2)30-29-31-51(3)58-37-38-59-57-36-35-55-47-56(39-41-67(55,8)60(57)40-42-68(58,59)9)76-78(72,77-62-34-27-26-33-61(62)69)75-43-28-24-22-20-18-16-14-12-13-15-17-19-21-23-25-32-52-44-53(48-65(4,5)63(70)73-10)46-54(45-52)49-66(6,7)64(71)74-11/h26-27,33-35,44-46,50-51,56-60H,12-25,28-32,36-43,47-49H2,1-11H3/t51?,56?,57?,58?,59?,60?,67-,68+,78?/m0/s1. The van der Waals surface area contributed by atoms with Crippen molar-refractivity contribution in [3.8, 4) is 5.75 Å². The molecule has 4 aliphatic carbocycles. The third-order valence-corrected chi connectivity index (χ3v) is 21.6. The number of para-hydroxylation sites is 1. The van der Waals surface area contributed by atoms with Gasteiger partial charge in [0.1, 0.15) is 5.75 Å². The lowest BCUT2D eigenvalue weighted by molar-refractivity contribution is -0.151. The molecule has 0 aliphatic heterocycles. The van der Waals surface area contributed by atoms with Crippen LogP contribution >= 0.6 is 19.4 Å². The first kappa shape index (κ1) is 64.5. The third kappa shape index (κ3) is 17.9. The minimum Gasteiger partial charge on any atom is -0.469 e. The predicted octanol–water partition coefficient (Wildman–Crippen LogP) is 19.8. The lowest BCUT2D eigenvalue weighted by Crippen LogP contribution is -2.51. The van der Waals surface area contributed by atoms with Crippen molar-refractivity contribution in [2.45, 2.75) is 255 Å². The summed E-state index contributed by atoms with van der Waals surface area (Å²) in [6, 6.07) is 13.8. The van der Waals surface area contributed by atoms with E-state index < -0.39 is 18.7 Å². The Morgan fingerprint density at radius 1 is 0.679 bits per heavy atom. The summed E-state index contributed by atoms with van der Waals surface area (Å²) in [5.41, 5.74) is 4.36. The van der Waals surface area contributed by atoms with E-state index in [2.05, 4.69) is 58.9 Å². The Kier molecular flexibility index (Phi) is 24.9. The molecule has 0 amide bonds. The molecule has 3 fully saturated rings. The molecule has 8 nitrogen and oxygen atoms in total. The molecule has 6 rings (SSSR count). The molecule has 3 saturated carbocycles. The van der Waals surface area contributed by atoms with E-state index in [0.29, 0.717) is 41.6 Å². The number of unbranched alkanes of at least 4 members (excludes halogenated alkanes) is 14. The van der Waals surface area contributed by atoms with Crippen LogP contribution in [0.15, 0.2) is 54.1 Å². The maximum absolute atomic E-state index is 14.6. The normalized spacial score (nSPS) is 25.3. The Labute approximate surface area is 480 Å². The van der Waals surface area contributed by atoms with Crippen molar-refractivity contribution in [2.24, 2.45) is 57.2 Å². The van der Waals surface area contributed by atoms with Crippen LogP contribution in [0.5, 0.6) is 5.75 Å². The van der Waals surface area contributed by atoms with Crippen LogP contribution in [0.3, 0.4) is 0 Å². The lowest BCUT2D eigenvalue weighted by atomic mass is 9.47. The zero-order valence-electron chi connectivity index (χ0n) is 51.0. The number of allylic oxidation sites excluding steroid dienone is 1. The molecule has 0 bridgehead atoms. The largest absolute Gasteiger partial charge is 0.530 e. The van der Waals surface area contributed by atoms with Gasteiger partial charge in [-0.25, -0.2) is 4.57 Å². The Morgan fingerprint density at radius 3 is 1.79 bits per heavy atom. The highest BCUT2D eigenvalue weighted by Gasteiger charge is 2.59. The van der Waals surface area contributed by atoms with Crippen LogP contribution in [0.2, 0.25) is 5.02 Å². The number of hydrogen-bond acceptors (Lipinski definition) is 8. The number of ether oxygens (including phenoxy) is 2. The van der Waals surface area contributed by atoms with Gasteiger partial charge in [0.2, 0.25) is 0 Å². The van der Waals surface area contributed by atoms with Gasteiger partial charge in [-0.3, -0.25) is 18.6 Å². The van der Waals surface area contributed by atoms with Gasteiger partial charge in [0.05, 0.1) is 42.8 Å². The van der Waals surface area contributed by atoms with Crippen molar-refractivity contribution in [1.82, 2.24) is 0 Å². The highest BCUT2D eigenvalue weighted by atomic mass is 35.5. The molecule has 4 aliphatic rings. The summed E-state index contributed by atoms with van der Waals surface area (Å²) in [5, 5.41) is 0.405. The average Bonchev–Trinajstić information content (AvgIpc) is 3.99. The molecule has 0 spiro atoms. The SMILES string of the molecule is COC(=O)C(C)(C)Cc1cc(CCCCCCCCCCCCCCCCCOP(=O)(Oc2ccccc2Cl)OC2CC[C@@]3(C)C(=CCC4C5CCC(C(C)CCCC(C)C)[C@@]5(C)CCC43)C2)cc(CC(C)(C)C(=O)OC)c1. The van der Waals surface area contributed by atoms with Crippen LogP contribution in [0.4, 0.5) is 0 Å². The van der Waals surface area contributed by atoms with Crippen molar-refractivity contribution in [3.05, 3.63) is 75.8 Å². The highest BCUT2D eigenvalue weighted by molar-refractivity contribution is 7.49. The number of aryl methyl sites for hydroxylation is 1. The van der Waals surface area contributed by atoms with Gasteiger partial charge in [-0.1, -0.05) is 191 Å². The first-order valence-electron chi connectivity index (χ1n) is 31.5. The zero-order chi connectivity index (χ0) is 56.6. The Hall–Kier alpha value is -2.64. The maximum Gasteiger partial charge on any atom is 0.530 e. The van der Waals surface area contributed by atoms with E-state index in [1.165, 1.54) is 147 Å². The van der Waals surface area contributed by atoms with E-state index in [1.54, 1.807) is 12.1 Å². The van der Waals surface area contributed by atoms with E-state index in [1.807, 2.05) is 39.8 Å². The number of esters is 2. The number of fused-ring (bicyclic) bond motifs is 5. The summed E-state index contributed by atoms with van der Waals surface area (Å²) in [7, 11) is -1.06. The van der Waals surface area contributed by atoms with Crippen molar-refractivity contribution in [3.63, 3.8) is 0 Å².